The Hall–Kier alpha value is -4.24. The minimum atomic E-state index is 0.378. The monoisotopic (exact) mass is 654 g/mol. The summed E-state index contributed by atoms with van der Waals surface area (Å²) in [5, 5.41) is 8.28. The van der Waals surface area contributed by atoms with Gasteiger partial charge >= 0.3 is 0 Å². The SMILES string of the molecule is C=C/C(N)=C(\C=C)C(=N)/C(C)=C/c1cc(CC)ccc1C.CC.CC.CC.CC.CC=Nc1cc(C)ccc1C.Cc1ccc(C)cc1. The molecule has 3 aromatic carbocycles. The standard InChI is InChI=1S/C19H24N2.C10H13N.C8H10.4C2H6/c1-6-15-10-9-13(4)16(12-15)11-14(5)19(21)17(7-2)18(20)8-3;1-4-11-10-7-8(2)5-6-9(10)3;1-7-3-5-8(2)6-4-7;4*1-2/h7-12,21H,2-3,6,20H2,1,4-5H3;4-7H,1-3H3;3-6H,1-2H3;4*1-2H3/b14-11+,18-17-,21-19?;;;;;;. The van der Waals surface area contributed by atoms with E-state index >= 15 is 0 Å². The number of hydrogen-bond acceptors (Lipinski definition) is 3. The first kappa shape index (κ1) is 50.6. The van der Waals surface area contributed by atoms with E-state index in [4.69, 9.17) is 11.1 Å². The zero-order valence-electron chi connectivity index (χ0n) is 33.7. The Balaban J connectivity index is -0.000000300. The summed E-state index contributed by atoms with van der Waals surface area (Å²) in [7, 11) is 0. The molecule has 3 heteroatoms. The van der Waals surface area contributed by atoms with Gasteiger partial charge in [-0.3, -0.25) is 10.4 Å². The second-order valence-electron chi connectivity index (χ2n) is 9.86. The number of hydrogen-bond donors (Lipinski definition) is 2. The summed E-state index contributed by atoms with van der Waals surface area (Å²) in [6.07, 6.45) is 7.99. The smallest absolute Gasteiger partial charge is 0.0662 e. The summed E-state index contributed by atoms with van der Waals surface area (Å²) in [5.41, 5.74) is 18.0. The lowest BCUT2D eigenvalue weighted by molar-refractivity contribution is 1.13. The molecule has 0 spiro atoms. The number of aryl methyl sites for hydroxylation is 6. The summed E-state index contributed by atoms with van der Waals surface area (Å²) in [6, 6.07) is 21.2. The molecular weight excluding hydrogens is 583 g/mol. The van der Waals surface area contributed by atoms with E-state index < -0.39 is 0 Å². The lowest BCUT2D eigenvalue weighted by Gasteiger charge is -2.10. The summed E-state index contributed by atoms with van der Waals surface area (Å²) in [4.78, 5) is 4.24. The molecule has 3 nitrogen and oxygen atoms in total. The van der Waals surface area contributed by atoms with Crippen LogP contribution in [0.3, 0.4) is 0 Å². The largest absolute Gasteiger partial charge is 0.398 e. The van der Waals surface area contributed by atoms with Crippen LogP contribution in [0.4, 0.5) is 5.69 Å². The van der Waals surface area contributed by atoms with Crippen LogP contribution in [-0.4, -0.2) is 11.9 Å². The predicted molar refractivity (Wildman–Crippen MR) is 225 cm³/mol. The highest BCUT2D eigenvalue weighted by molar-refractivity contribution is 6.14. The molecule has 0 aliphatic carbocycles. The van der Waals surface area contributed by atoms with Crippen LogP contribution in [-0.2, 0) is 6.42 Å². The third-order valence-corrected chi connectivity index (χ3v) is 6.37. The van der Waals surface area contributed by atoms with Crippen LogP contribution < -0.4 is 5.73 Å². The van der Waals surface area contributed by atoms with E-state index in [0.717, 1.165) is 23.2 Å². The number of nitrogens with zero attached hydrogens (tertiary/aromatic N) is 1. The van der Waals surface area contributed by atoms with Gasteiger partial charge in [0, 0.05) is 17.5 Å². The van der Waals surface area contributed by atoms with Crippen LogP contribution in [0.25, 0.3) is 6.08 Å². The first-order chi connectivity index (χ1) is 23.0. The number of nitrogens with one attached hydrogen (secondary N) is 1. The highest BCUT2D eigenvalue weighted by Crippen LogP contribution is 2.20. The number of benzene rings is 3. The second-order valence-corrected chi connectivity index (χ2v) is 9.86. The minimum Gasteiger partial charge on any atom is -0.398 e. The van der Waals surface area contributed by atoms with Gasteiger partial charge in [-0.15, -0.1) is 0 Å². The Morgan fingerprint density at radius 2 is 1.17 bits per heavy atom. The molecule has 0 radical (unpaired) electrons. The lowest BCUT2D eigenvalue weighted by Crippen LogP contribution is -2.08. The number of aliphatic imine (C=N–C) groups is 1. The van der Waals surface area contributed by atoms with Gasteiger partial charge in [0.1, 0.15) is 0 Å². The minimum absolute atomic E-state index is 0.378. The molecule has 0 amide bonds. The average Bonchev–Trinajstić information content (AvgIpc) is 3.13. The quantitative estimate of drug-likeness (QED) is 0.193. The number of rotatable bonds is 7. The molecule has 0 saturated heterocycles. The van der Waals surface area contributed by atoms with Crippen molar-refractivity contribution in [1.29, 1.82) is 5.41 Å². The Kier molecular flexibility index (Phi) is 34.5. The van der Waals surface area contributed by atoms with E-state index in [1.54, 1.807) is 12.2 Å². The maximum absolute atomic E-state index is 8.28. The molecule has 0 fully saturated rings. The van der Waals surface area contributed by atoms with Gasteiger partial charge in [-0.05, 0) is 106 Å². The third kappa shape index (κ3) is 21.5. The van der Waals surface area contributed by atoms with Crippen molar-refractivity contribution < 1.29 is 0 Å². The van der Waals surface area contributed by atoms with Crippen molar-refractivity contribution in [1.82, 2.24) is 0 Å². The molecule has 0 unspecified atom stereocenters. The molecule has 0 aliphatic heterocycles. The third-order valence-electron chi connectivity index (χ3n) is 6.37. The van der Waals surface area contributed by atoms with E-state index in [9.17, 15) is 0 Å². The van der Waals surface area contributed by atoms with Crippen molar-refractivity contribution in [3.63, 3.8) is 0 Å². The average molecular weight is 654 g/mol. The van der Waals surface area contributed by atoms with Gasteiger partial charge in [0.25, 0.3) is 0 Å². The molecule has 266 valence electrons. The molecule has 0 bridgehead atoms. The van der Waals surface area contributed by atoms with Gasteiger partial charge in [0.15, 0.2) is 0 Å². The van der Waals surface area contributed by atoms with Crippen LogP contribution in [0.1, 0.15) is 115 Å². The number of allylic oxidation sites excluding steroid dienone is 4. The van der Waals surface area contributed by atoms with Crippen LogP contribution in [0.2, 0.25) is 0 Å². The molecule has 0 heterocycles. The highest BCUT2D eigenvalue weighted by atomic mass is 14.7. The van der Waals surface area contributed by atoms with E-state index in [-0.39, 0.29) is 0 Å². The predicted octanol–water partition coefficient (Wildman–Crippen LogP) is 14.0. The molecule has 3 rings (SSSR count). The zero-order chi connectivity index (χ0) is 38.2. The van der Waals surface area contributed by atoms with Crippen molar-refractivity contribution in [2.24, 2.45) is 10.7 Å². The lowest BCUT2D eigenvalue weighted by atomic mass is 9.97. The fourth-order valence-corrected chi connectivity index (χ4v) is 3.69. The Morgan fingerprint density at radius 1 is 0.708 bits per heavy atom. The Bertz CT molecular complexity index is 1360. The maximum Gasteiger partial charge on any atom is 0.0662 e. The maximum atomic E-state index is 8.28. The van der Waals surface area contributed by atoms with Gasteiger partial charge < -0.3 is 5.73 Å². The van der Waals surface area contributed by atoms with Crippen LogP contribution in [0.15, 0.2) is 108 Å². The van der Waals surface area contributed by atoms with Crippen molar-refractivity contribution in [3.8, 4) is 0 Å². The fourth-order valence-electron chi connectivity index (χ4n) is 3.69. The molecular formula is C45H71N3. The van der Waals surface area contributed by atoms with Gasteiger partial charge in [0.05, 0.1) is 11.4 Å². The van der Waals surface area contributed by atoms with Gasteiger partial charge in [0.2, 0.25) is 0 Å². The zero-order valence-corrected chi connectivity index (χ0v) is 33.7. The Labute approximate surface area is 298 Å². The molecule has 0 saturated carbocycles. The topological polar surface area (TPSA) is 62.2 Å². The van der Waals surface area contributed by atoms with Crippen molar-refractivity contribution in [2.75, 3.05) is 0 Å². The van der Waals surface area contributed by atoms with Crippen molar-refractivity contribution >= 4 is 23.7 Å². The van der Waals surface area contributed by atoms with Gasteiger partial charge in [-0.1, -0.05) is 147 Å². The summed E-state index contributed by atoms with van der Waals surface area (Å²) in [5.74, 6) is 0. The first-order valence-corrected chi connectivity index (χ1v) is 17.7. The van der Waals surface area contributed by atoms with Crippen molar-refractivity contribution in [2.45, 2.75) is 117 Å². The summed E-state index contributed by atoms with van der Waals surface area (Å²) < 4.78 is 0. The van der Waals surface area contributed by atoms with E-state index in [1.807, 2.05) is 81.5 Å². The highest BCUT2D eigenvalue weighted by Gasteiger charge is 2.08. The summed E-state index contributed by atoms with van der Waals surface area (Å²) >= 11 is 0. The van der Waals surface area contributed by atoms with E-state index in [1.165, 1.54) is 33.4 Å². The van der Waals surface area contributed by atoms with Gasteiger partial charge in [-0.2, -0.15) is 0 Å². The second kappa shape index (κ2) is 32.7. The van der Waals surface area contributed by atoms with Crippen LogP contribution in [0.5, 0.6) is 0 Å². The van der Waals surface area contributed by atoms with Crippen LogP contribution >= 0.6 is 0 Å². The van der Waals surface area contributed by atoms with Crippen molar-refractivity contribution in [3.05, 3.63) is 142 Å². The number of nitrogens with two attached hydrogens (primary N) is 1. The van der Waals surface area contributed by atoms with E-state index in [2.05, 4.69) is 120 Å². The van der Waals surface area contributed by atoms with E-state index in [0.29, 0.717) is 17.0 Å². The Morgan fingerprint density at radius 3 is 1.58 bits per heavy atom. The fraction of sp³-hybridized carbons (Fsp3) is 0.378. The molecule has 3 N–H and O–H groups in total. The van der Waals surface area contributed by atoms with Gasteiger partial charge in [-0.25, -0.2) is 0 Å². The van der Waals surface area contributed by atoms with Crippen LogP contribution in [0, 0.1) is 40.0 Å². The molecule has 0 atom stereocenters. The molecule has 0 aromatic heterocycles. The first-order valence-electron chi connectivity index (χ1n) is 17.7. The summed E-state index contributed by atoms with van der Waals surface area (Å²) in [6.45, 7) is 39.8. The normalized spacial score (nSPS) is 10.0. The molecule has 48 heavy (non-hydrogen) atoms. The molecule has 0 aliphatic rings. The molecule has 3 aromatic rings.